The maximum absolute atomic E-state index is 12.0. The van der Waals surface area contributed by atoms with Gasteiger partial charge < -0.3 is 9.88 Å². The van der Waals surface area contributed by atoms with Crippen molar-refractivity contribution in [2.45, 2.75) is 26.4 Å². The second-order valence-electron chi connectivity index (χ2n) is 4.16. The van der Waals surface area contributed by atoms with Crippen LogP contribution in [0.15, 0.2) is 18.6 Å². The minimum Gasteiger partial charge on any atom is -0.343 e. The molecule has 2 N–H and O–H groups in total. The van der Waals surface area contributed by atoms with Crippen molar-refractivity contribution in [1.29, 1.82) is 0 Å². The van der Waals surface area contributed by atoms with Crippen LogP contribution in [0.25, 0.3) is 0 Å². The molecule has 0 spiro atoms. The summed E-state index contributed by atoms with van der Waals surface area (Å²) in [5, 5.41) is 9.69. The van der Waals surface area contributed by atoms with Crippen molar-refractivity contribution in [3.05, 3.63) is 35.1 Å². The van der Waals surface area contributed by atoms with Gasteiger partial charge in [-0.1, -0.05) is 11.6 Å². The Morgan fingerprint density at radius 2 is 2.39 bits per heavy atom. The van der Waals surface area contributed by atoms with Gasteiger partial charge in [0.1, 0.15) is 17.8 Å². The zero-order valence-electron chi connectivity index (χ0n) is 10.1. The number of amides is 1. The summed E-state index contributed by atoms with van der Waals surface area (Å²) in [6, 6.07) is 1.82. The molecule has 0 unspecified atom stereocenters. The van der Waals surface area contributed by atoms with Gasteiger partial charge in [-0.05, 0) is 19.9 Å². The molecule has 1 amide bonds. The number of hydrogen-bond donors (Lipinski definition) is 2. The number of aromatic nitrogens is 4. The molecule has 2 aromatic heterocycles. The Bertz CT molecular complexity index is 532. The molecular weight excluding hydrogens is 254 g/mol. The third-order valence-corrected chi connectivity index (χ3v) is 2.69. The second-order valence-corrected chi connectivity index (χ2v) is 4.60. The van der Waals surface area contributed by atoms with Crippen LogP contribution in [-0.2, 0) is 6.54 Å². The third kappa shape index (κ3) is 2.70. The number of aromatic amines is 1. The molecule has 0 saturated heterocycles. The summed E-state index contributed by atoms with van der Waals surface area (Å²) in [7, 11) is 0. The van der Waals surface area contributed by atoms with Crippen molar-refractivity contribution in [1.82, 2.24) is 25.1 Å². The highest BCUT2D eigenvalue weighted by Gasteiger charge is 2.15. The molecular formula is C11H14ClN5O. The van der Waals surface area contributed by atoms with E-state index in [1.54, 1.807) is 12.3 Å². The number of H-pyrrole nitrogens is 1. The van der Waals surface area contributed by atoms with Crippen LogP contribution in [0.1, 0.15) is 36.2 Å². The standard InChI is InChI=1S/C11H14ClN5O/c1-7(2)17-5-8(12)3-9(17)11(18)13-4-10-14-6-15-16-10/h3,5-7H,4H2,1-2H3,(H,13,18)(H,14,15,16). The fraction of sp³-hybridized carbons (Fsp3) is 0.364. The summed E-state index contributed by atoms with van der Waals surface area (Å²) in [5.41, 5.74) is 0.537. The van der Waals surface area contributed by atoms with E-state index in [9.17, 15) is 4.79 Å². The molecule has 96 valence electrons. The molecule has 0 saturated carbocycles. The summed E-state index contributed by atoms with van der Waals surface area (Å²) < 4.78 is 1.83. The minimum absolute atomic E-state index is 0.170. The van der Waals surface area contributed by atoms with Gasteiger partial charge >= 0.3 is 0 Å². The number of nitrogens with zero attached hydrogens (tertiary/aromatic N) is 3. The molecule has 18 heavy (non-hydrogen) atoms. The molecule has 2 heterocycles. The first-order chi connectivity index (χ1) is 8.58. The maximum Gasteiger partial charge on any atom is 0.268 e. The van der Waals surface area contributed by atoms with Crippen molar-refractivity contribution in [2.75, 3.05) is 0 Å². The lowest BCUT2D eigenvalue weighted by Gasteiger charge is -2.12. The summed E-state index contributed by atoms with van der Waals surface area (Å²) in [6.45, 7) is 4.28. The van der Waals surface area contributed by atoms with E-state index in [0.29, 0.717) is 23.1 Å². The van der Waals surface area contributed by atoms with Crippen LogP contribution in [0, 0.1) is 0 Å². The van der Waals surface area contributed by atoms with Gasteiger partial charge in [0.15, 0.2) is 0 Å². The summed E-state index contributed by atoms with van der Waals surface area (Å²) in [4.78, 5) is 16.0. The van der Waals surface area contributed by atoms with Crippen molar-refractivity contribution >= 4 is 17.5 Å². The normalized spacial score (nSPS) is 10.9. The molecule has 0 aliphatic rings. The molecule has 0 aliphatic heterocycles. The third-order valence-electron chi connectivity index (χ3n) is 2.49. The van der Waals surface area contributed by atoms with E-state index in [1.807, 2.05) is 18.4 Å². The molecule has 2 aromatic rings. The summed E-state index contributed by atoms with van der Waals surface area (Å²) >= 11 is 5.92. The second kappa shape index (κ2) is 5.22. The molecule has 0 fully saturated rings. The van der Waals surface area contributed by atoms with E-state index < -0.39 is 0 Å². The van der Waals surface area contributed by atoms with Gasteiger partial charge in [0, 0.05) is 12.2 Å². The zero-order chi connectivity index (χ0) is 13.1. The number of hydrogen-bond acceptors (Lipinski definition) is 3. The Labute approximate surface area is 109 Å². The molecule has 7 heteroatoms. The minimum atomic E-state index is -0.188. The quantitative estimate of drug-likeness (QED) is 0.886. The van der Waals surface area contributed by atoms with Crippen molar-refractivity contribution in [3.8, 4) is 0 Å². The number of rotatable bonds is 4. The number of carbonyl (C=O) groups is 1. The topological polar surface area (TPSA) is 75.6 Å². The highest BCUT2D eigenvalue weighted by atomic mass is 35.5. The highest BCUT2D eigenvalue weighted by Crippen LogP contribution is 2.18. The molecule has 0 bridgehead atoms. The van der Waals surface area contributed by atoms with E-state index in [-0.39, 0.29) is 11.9 Å². The lowest BCUT2D eigenvalue weighted by Crippen LogP contribution is -2.26. The summed E-state index contributed by atoms with van der Waals surface area (Å²) in [6.07, 6.45) is 3.14. The first-order valence-corrected chi connectivity index (χ1v) is 5.95. The molecule has 2 rings (SSSR count). The van der Waals surface area contributed by atoms with Gasteiger partial charge in [0.2, 0.25) is 0 Å². The van der Waals surface area contributed by atoms with Crippen molar-refractivity contribution < 1.29 is 4.79 Å². The van der Waals surface area contributed by atoms with Gasteiger partial charge in [-0.25, -0.2) is 4.98 Å². The van der Waals surface area contributed by atoms with Crippen LogP contribution >= 0.6 is 11.6 Å². The zero-order valence-corrected chi connectivity index (χ0v) is 10.9. The Balaban J connectivity index is 2.09. The molecule has 6 nitrogen and oxygen atoms in total. The van der Waals surface area contributed by atoms with E-state index in [1.165, 1.54) is 6.33 Å². The first-order valence-electron chi connectivity index (χ1n) is 5.57. The predicted octanol–water partition coefficient (Wildman–Crippen LogP) is 1.77. The maximum atomic E-state index is 12.0. The number of nitrogens with one attached hydrogen (secondary N) is 2. The van der Waals surface area contributed by atoms with Crippen LogP contribution in [0.4, 0.5) is 0 Å². The van der Waals surface area contributed by atoms with E-state index in [4.69, 9.17) is 11.6 Å². The fourth-order valence-corrected chi connectivity index (χ4v) is 1.83. The monoisotopic (exact) mass is 267 g/mol. The molecule has 0 radical (unpaired) electrons. The highest BCUT2D eigenvalue weighted by molar-refractivity contribution is 6.31. The van der Waals surface area contributed by atoms with Crippen LogP contribution < -0.4 is 5.32 Å². The molecule has 0 aromatic carbocycles. The average Bonchev–Trinajstić information content (AvgIpc) is 2.94. The predicted molar refractivity (Wildman–Crippen MR) is 67.4 cm³/mol. The number of carbonyl (C=O) groups excluding carboxylic acids is 1. The summed E-state index contributed by atoms with van der Waals surface area (Å²) in [5.74, 6) is 0.420. The largest absolute Gasteiger partial charge is 0.343 e. The Kier molecular flexibility index (Phi) is 3.66. The van der Waals surface area contributed by atoms with Gasteiger partial charge in [-0.3, -0.25) is 9.89 Å². The van der Waals surface area contributed by atoms with E-state index >= 15 is 0 Å². The van der Waals surface area contributed by atoms with Gasteiger partial charge in [0.05, 0.1) is 11.6 Å². The Morgan fingerprint density at radius 3 is 3.00 bits per heavy atom. The average molecular weight is 268 g/mol. The van der Waals surface area contributed by atoms with E-state index in [0.717, 1.165) is 0 Å². The van der Waals surface area contributed by atoms with E-state index in [2.05, 4.69) is 20.5 Å². The van der Waals surface area contributed by atoms with Gasteiger partial charge in [-0.15, -0.1) is 0 Å². The molecule has 0 atom stereocenters. The smallest absolute Gasteiger partial charge is 0.268 e. The SMILES string of the molecule is CC(C)n1cc(Cl)cc1C(=O)NCc1ncn[nH]1. The van der Waals surface area contributed by atoms with Crippen LogP contribution in [0.5, 0.6) is 0 Å². The Morgan fingerprint density at radius 1 is 1.61 bits per heavy atom. The number of halogens is 1. The van der Waals surface area contributed by atoms with Gasteiger partial charge in [-0.2, -0.15) is 5.10 Å². The Hall–Kier alpha value is -1.82. The van der Waals surface area contributed by atoms with Crippen molar-refractivity contribution in [3.63, 3.8) is 0 Å². The van der Waals surface area contributed by atoms with Crippen molar-refractivity contribution in [2.24, 2.45) is 0 Å². The first kappa shape index (κ1) is 12.6. The van der Waals surface area contributed by atoms with Crippen LogP contribution in [-0.4, -0.2) is 25.7 Å². The lowest BCUT2D eigenvalue weighted by atomic mass is 10.3. The van der Waals surface area contributed by atoms with Gasteiger partial charge in [0.25, 0.3) is 5.91 Å². The lowest BCUT2D eigenvalue weighted by molar-refractivity contribution is 0.0939. The fourth-order valence-electron chi connectivity index (χ4n) is 1.63. The van der Waals surface area contributed by atoms with Crippen LogP contribution in [0.3, 0.4) is 0 Å². The van der Waals surface area contributed by atoms with Crippen LogP contribution in [0.2, 0.25) is 5.02 Å². The molecule has 0 aliphatic carbocycles.